The summed E-state index contributed by atoms with van der Waals surface area (Å²) in [5.41, 5.74) is 2.33. The normalized spacial score (nSPS) is 19.5. The van der Waals surface area contributed by atoms with Crippen LogP contribution in [0.25, 0.3) is 0 Å². The average molecular weight is 434 g/mol. The average Bonchev–Trinajstić information content (AvgIpc) is 3.31. The minimum atomic E-state index is 0.0597. The van der Waals surface area contributed by atoms with E-state index in [2.05, 4.69) is 28.0 Å². The summed E-state index contributed by atoms with van der Waals surface area (Å²) in [7, 11) is 0. The third kappa shape index (κ3) is 5.95. The number of carbonyl (C=O) groups excluding carboxylic acids is 1. The molecule has 168 valence electrons. The van der Waals surface area contributed by atoms with Crippen molar-refractivity contribution in [2.75, 3.05) is 52.5 Å². The third-order valence-electron chi connectivity index (χ3n) is 6.26. The van der Waals surface area contributed by atoms with Crippen molar-refractivity contribution < 1.29 is 14.3 Å². The number of ketones is 1. The Morgan fingerprint density at radius 1 is 1.12 bits per heavy atom. The number of rotatable bonds is 9. The third-order valence-corrected chi connectivity index (χ3v) is 6.26. The molecule has 32 heavy (non-hydrogen) atoms. The van der Waals surface area contributed by atoms with E-state index in [0.29, 0.717) is 24.3 Å². The van der Waals surface area contributed by atoms with Gasteiger partial charge in [0.05, 0.1) is 38.0 Å². The van der Waals surface area contributed by atoms with Crippen LogP contribution in [-0.4, -0.2) is 68.1 Å². The first-order valence-electron chi connectivity index (χ1n) is 11.5. The highest BCUT2D eigenvalue weighted by Crippen LogP contribution is 2.33. The Bertz CT molecular complexity index is 949. The van der Waals surface area contributed by atoms with Crippen molar-refractivity contribution in [3.8, 4) is 11.8 Å². The molecule has 6 nitrogen and oxygen atoms in total. The van der Waals surface area contributed by atoms with Gasteiger partial charge in [-0.1, -0.05) is 24.3 Å². The molecule has 1 atom stereocenters. The fourth-order valence-electron chi connectivity index (χ4n) is 4.55. The van der Waals surface area contributed by atoms with Gasteiger partial charge in [-0.3, -0.25) is 14.6 Å². The molecule has 2 heterocycles. The molecule has 0 spiro atoms. The Morgan fingerprint density at radius 2 is 1.97 bits per heavy atom. The second-order valence-electron chi connectivity index (χ2n) is 8.47. The van der Waals surface area contributed by atoms with Crippen LogP contribution < -0.4 is 4.74 Å². The maximum Gasteiger partial charge on any atom is 0.176 e. The maximum absolute atomic E-state index is 12.8. The number of likely N-dealkylation sites (tertiary alicyclic amines) is 1. The van der Waals surface area contributed by atoms with Crippen LogP contribution in [0.3, 0.4) is 0 Å². The van der Waals surface area contributed by atoms with Crippen molar-refractivity contribution in [1.82, 2.24) is 9.80 Å². The molecule has 0 aromatic heterocycles. The van der Waals surface area contributed by atoms with Gasteiger partial charge in [0.1, 0.15) is 5.75 Å². The van der Waals surface area contributed by atoms with Crippen molar-refractivity contribution in [2.24, 2.45) is 0 Å². The van der Waals surface area contributed by atoms with E-state index in [-0.39, 0.29) is 11.8 Å². The molecule has 1 unspecified atom stereocenters. The summed E-state index contributed by atoms with van der Waals surface area (Å²) in [6.07, 6.45) is 3.10. The van der Waals surface area contributed by atoms with Crippen LogP contribution in [0.2, 0.25) is 0 Å². The SMILES string of the molecule is N#Cc1cccc(C(=O)CN2CCCC2c2cccc(OCCCN3CCOCC3)c2)c1. The minimum absolute atomic E-state index is 0.0597. The van der Waals surface area contributed by atoms with Gasteiger partial charge in [0.15, 0.2) is 5.78 Å². The maximum atomic E-state index is 12.8. The molecule has 2 aliphatic rings. The van der Waals surface area contributed by atoms with Gasteiger partial charge >= 0.3 is 0 Å². The van der Waals surface area contributed by atoms with Crippen LogP contribution in [-0.2, 0) is 4.74 Å². The standard InChI is InChI=1S/C26H31N3O3/c27-19-21-5-1-7-23(17-21)26(30)20-29-11-3-9-25(29)22-6-2-8-24(18-22)32-14-4-10-28-12-15-31-16-13-28/h1-2,5-8,17-18,25H,3-4,9-16,20H2. The van der Waals surface area contributed by atoms with Gasteiger partial charge in [0.2, 0.25) is 0 Å². The Morgan fingerprint density at radius 3 is 2.81 bits per heavy atom. The fraction of sp³-hybridized carbons (Fsp3) is 0.462. The molecule has 2 aromatic rings. The molecule has 2 aliphatic heterocycles. The number of hydrogen-bond donors (Lipinski definition) is 0. The van der Waals surface area contributed by atoms with Gasteiger partial charge in [-0.05, 0) is 55.6 Å². The topological polar surface area (TPSA) is 65.8 Å². The Hall–Kier alpha value is -2.72. The number of benzene rings is 2. The minimum Gasteiger partial charge on any atom is -0.494 e. The van der Waals surface area contributed by atoms with E-state index in [9.17, 15) is 4.79 Å². The highest BCUT2D eigenvalue weighted by atomic mass is 16.5. The van der Waals surface area contributed by atoms with Gasteiger partial charge in [0, 0.05) is 31.2 Å². The first-order valence-corrected chi connectivity index (χ1v) is 11.5. The molecular weight excluding hydrogens is 402 g/mol. The Kier molecular flexibility index (Phi) is 7.89. The molecule has 0 bridgehead atoms. The van der Waals surface area contributed by atoms with Crippen LogP contribution in [0.5, 0.6) is 5.75 Å². The molecule has 0 N–H and O–H groups in total. The molecule has 2 aromatic carbocycles. The molecule has 0 aliphatic carbocycles. The Balaban J connectivity index is 1.32. The van der Waals surface area contributed by atoms with Crippen molar-refractivity contribution in [1.29, 1.82) is 5.26 Å². The van der Waals surface area contributed by atoms with Crippen molar-refractivity contribution >= 4 is 5.78 Å². The van der Waals surface area contributed by atoms with Crippen LogP contribution in [0.15, 0.2) is 48.5 Å². The summed E-state index contributed by atoms with van der Waals surface area (Å²) in [5, 5.41) is 9.10. The Labute approximate surface area is 190 Å². The zero-order valence-electron chi connectivity index (χ0n) is 18.5. The van der Waals surface area contributed by atoms with Crippen molar-refractivity contribution in [2.45, 2.75) is 25.3 Å². The van der Waals surface area contributed by atoms with Crippen LogP contribution in [0, 0.1) is 11.3 Å². The molecule has 2 fully saturated rings. The van der Waals surface area contributed by atoms with Crippen molar-refractivity contribution in [3.05, 3.63) is 65.2 Å². The summed E-state index contributed by atoms with van der Waals surface area (Å²) < 4.78 is 11.4. The predicted molar refractivity (Wildman–Crippen MR) is 123 cm³/mol. The number of Topliss-reactive ketones (excluding diaryl/α,β-unsaturated/α-hetero) is 1. The van der Waals surface area contributed by atoms with Gasteiger partial charge in [-0.15, -0.1) is 0 Å². The van der Waals surface area contributed by atoms with Gasteiger partial charge < -0.3 is 9.47 Å². The number of ether oxygens (including phenoxy) is 2. The summed E-state index contributed by atoms with van der Waals surface area (Å²) in [6.45, 7) is 6.67. The lowest BCUT2D eigenvalue weighted by atomic mass is 10.0. The number of hydrogen-bond acceptors (Lipinski definition) is 6. The number of carbonyl (C=O) groups is 1. The molecule has 6 heteroatoms. The summed E-state index contributed by atoms with van der Waals surface area (Å²) in [4.78, 5) is 17.5. The zero-order valence-corrected chi connectivity index (χ0v) is 18.5. The molecule has 4 rings (SSSR count). The zero-order chi connectivity index (χ0) is 22.2. The van der Waals surface area contributed by atoms with E-state index < -0.39 is 0 Å². The fourth-order valence-corrected chi connectivity index (χ4v) is 4.55. The molecule has 2 saturated heterocycles. The van der Waals surface area contributed by atoms with Gasteiger partial charge in [-0.2, -0.15) is 5.26 Å². The lowest BCUT2D eigenvalue weighted by Gasteiger charge is -2.26. The first-order chi connectivity index (χ1) is 15.7. The van der Waals surface area contributed by atoms with E-state index >= 15 is 0 Å². The second kappa shape index (κ2) is 11.2. The summed E-state index contributed by atoms with van der Waals surface area (Å²) >= 11 is 0. The first kappa shape index (κ1) is 22.5. The second-order valence-corrected chi connectivity index (χ2v) is 8.47. The molecule has 0 radical (unpaired) electrons. The van der Waals surface area contributed by atoms with Crippen LogP contribution >= 0.6 is 0 Å². The van der Waals surface area contributed by atoms with E-state index in [4.69, 9.17) is 14.7 Å². The summed E-state index contributed by atoms with van der Waals surface area (Å²) in [6, 6.07) is 17.6. The van der Waals surface area contributed by atoms with Gasteiger partial charge in [0.25, 0.3) is 0 Å². The van der Waals surface area contributed by atoms with Crippen LogP contribution in [0.1, 0.15) is 46.8 Å². The quantitative estimate of drug-likeness (QED) is 0.444. The highest BCUT2D eigenvalue weighted by molar-refractivity contribution is 5.97. The van der Waals surface area contributed by atoms with E-state index in [0.717, 1.165) is 64.4 Å². The summed E-state index contributed by atoms with van der Waals surface area (Å²) in [5.74, 6) is 0.953. The number of nitrogens with zero attached hydrogens (tertiary/aromatic N) is 3. The van der Waals surface area contributed by atoms with Crippen molar-refractivity contribution in [3.63, 3.8) is 0 Å². The largest absolute Gasteiger partial charge is 0.494 e. The monoisotopic (exact) mass is 433 g/mol. The van der Waals surface area contributed by atoms with Gasteiger partial charge in [-0.25, -0.2) is 0 Å². The molecular formula is C26H31N3O3. The lowest BCUT2D eigenvalue weighted by Crippen LogP contribution is -2.37. The number of morpholine rings is 1. The number of nitriles is 1. The van der Waals surface area contributed by atoms with E-state index in [1.54, 1.807) is 24.3 Å². The predicted octanol–water partition coefficient (Wildman–Crippen LogP) is 3.68. The van der Waals surface area contributed by atoms with E-state index in [1.165, 1.54) is 5.56 Å². The molecule has 0 amide bonds. The lowest BCUT2D eigenvalue weighted by molar-refractivity contribution is 0.0358. The smallest absolute Gasteiger partial charge is 0.176 e. The van der Waals surface area contributed by atoms with E-state index in [1.807, 2.05) is 12.1 Å². The highest BCUT2D eigenvalue weighted by Gasteiger charge is 2.28. The van der Waals surface area contributed by atoms with Crippen LogP contribution in [0.4, 0.5) is 0 Å². The molecule has 0 saturated carbocycles.